The van der Waals surface area contributed by atoms with Crippen molar-refractivity contribution in [3.63, 3.8) is 0 Å². The Balaban J connectivity index is 2.81. The maximum Gasteiger partial charge on any atom is 0.214 e. The van der Waals surface area contributed by atoms with Gasteiger partial charge in [-0.25, -0.2) is 21.5 Å². The second kappa shape index (κ2) is 5.55. The maximum absolute atomic E-state index is 12.9. The normalized spacial score (nSPS) is 12.1. The molecule has 0 amide bonds. The Hall–Kier alpha value is -1.01. The number of hydrogen-bond donors (Lipinski definition) is 0. The average Bonchev–Trinajstić information content (AvgIpc) is 2.23. The Labute approximate surface area is 100 Å². The molecule has 0 atom stereocenters. The second-order valence-corrected chi connectivity index (χ2v) is 6.02. The molecule has 17 heavy (non-hydrogen) atoms. The molecular weight excluding hydrogens is 248 g/mol. The maximum atomic E-state index is 12.9. The molecule has 1 rings (SSSR count). The highest BCUT2D eigenvalue weighted by atomic mass is 32.2. The molecule has 0 aliphatic rings. The van der Waals surface area contributed by atoms with Crippen molar-refractivity contribution in [3.8, 4) is 0 Å². The Morgan fingerprint density at radius 2 is 1.88 bits per heavy atom. The minimum absolute atomic E-state index is 0.0412. The van der Waals surface area contributed by atoms with Crippen LogP contribution in [0.15, 0.2) is 18.2 Å². The highest BCUT2D eigenvalue weighted by Gasteiger charge is 2.17. The second-order valence-electron chi connectivity index (χ2n) is 3.82. The van der Waals surface area contributed by atoms with Crippen LogP contribution in [0.1, 0.15) is 18.9 Å². The SMILES string of the molecule is CCCS(=O)(=O)N(C)Cc1ccc(F)c(F)c1. The lowest BCUT2D eigenvalue weighted by Crippen LogP contribution is -2.28. The monoisotopic (exact) mass is 263 g/mol. The molecule has 0 bridgehead atoms. The molecule has 0 aliphatic heterocycles. The van der Waals surface area contributed by atoms with E-state index in [1.165, 1.54) is 13.1 Å². The van der Waals surface area contributed by atoms with Gasteiger partial charge in [-0.1, -0.05) is 13.0 Å². The van der Waals surface area contributed by atoms with Crippen LogP contribution in [0, 0.1) is 11.6 Å². The van der Waals surface area contributed by atoms with E-state index < -0.39 is 21.7 Å². The molecule has 0 N–H and O–H groups in total. The van der Waals surface area contributed by atoms with Gasteiger partial charge in [0.1, 0.15) is 0 Å². The molecule has 0 unspecified atom stereocenters. The Morgan fingerprint density at radius 3 is 2.41 bits per heavy atom. The number of sulfonamides is 1. The summed E-state index contributed by atoms with van der Waals surface area (Å²) in [5.74, 6) is -1.86. The average molecular weight is 263 g/mol. The first kappa shape index (κ1) is 14.1. The third-order valence-electron chi connectivity index (χ3n) is 2.33. The van der Waals surface area contributed by atoms with Gasteiger partial charge < -0.3 is 0 Å². The molecule has 0 aromatic heterocycles. The molecule has 1 aromatic carbocycles. The summed E-state index contributed by atoms with van der Waals surface area (Å²) >= 11 is 0. The van der Waals surface area contributed by atoms with E-state index in [0.29, 0.717) is 12.0 Å². The van der Waals surface area contributed by atoms with Crippen molar-refractivity contribution in [3.05, 3.63) is 35.4 Å². The zero-order valence-electron chi connectivity index (χ0n) is 9.78. The van der Waals surface area contributed by atoms with Gasteiger partial charge in [0.25, 0.3) is 0 Å². The predicted molar refractivity (Wildman–Crippen MR) is 61.9 cm³/mol. The van der Waals surface area contributed by atoms with Crippen molar-refractivity contribution in [2.24, 2.45) is 0 Å². The third-order valence-corrected chi connectivity index (χ3v) is 4.33. The van der Waals surface area contributed by atoms with E-state index in [1.807, 2.05) is 0 Å². The van der Waals surface area contributed by atoms with E-state index in [0.717, 1.165) is 16.4 Å². The van der Waals surface area contributed by atoms with Gasteiger partial charge in [-0.2, -0.15) is 0 Å². The van der Waals surface area contributed by atoms with Gasteiger partial charge in [-0.3, -0.25) is 0 Å². The van der Waals surface area contributed by atoms with Crippen LogP contribution in [0.25, 0.3) is 0 Å². The largest absolute Gasteiger partial charge is 0.214 e. The third kappa shape index (κ3) is 3.74. The fourth-order valence-corrected chi connectivity index (χ4v) is 2.58. The highest BCUT2D eigenvalue weighted by Crippen LogP contribution is 2.12. The summed E-state index contributed by atoms with van der Waals surface area (Å²) in [6, 6.07) is 3.37. The lowest BCUT2D eigenvalue weighted by molar-refractivity contribution is 0.461. The Kier molecular flexibility index (Phi) is 4.59. The summed E-state index contributed by atoms with van der Waals surface area (Å²) in [6.07, 6.45) is 0.518. The molecule has 0 aliphatic carbocycles. The standard InChI is InChI=1S/C11H15F2NO2S/c1-3-6-17(15,16)14(2)8-9-4-5-10(12)11(13)7-9/h4-5,7H,3,6,8H2,1-2H3. The summed E-state index contributed by atoms with van der Waals surface area (Å²) in [5, 5.41) is 0. The number of halogens is 2. The summed E-state index contributed by atoms with van der Waals surface area (Å²) in [7, 11) is -1.89. The molecule has 0 saturated heterocycles. The van der Waals surface area contributed by atoms with E-state index in [2.05, 4.69) is 0 Å². The van der Waals surface area contributed by atoms with Crippen molar-refractivity contribution in [2.45, 2.75) is 19.9 Å². The molecule has 0 spiro atoms. The number of benzene rings is 1. The predicted octanol–water partition coefficient (Wildman–Crippen LogP) is 2.14. The summed E-state index contributed by atoms with van der Waals surface area (Å²) in [5.41, 5.74) is 0.422. The van der Waals surface area contributed by atoms with Crippen LogP contribution < -0.4 is 0 Å². The lowest BCUT2D eigenvalue weighted by atomic mass is 10.2. The van der Waals surface area contributed by atoms with Crippen molar-refractivity contribution in [2.75, 3.05) is 12.8 Å². The molecule has 0 heterocycles. The van der Waals surface area contributed by atoms with Crippen molar-refractivity contribution in [1.29, 1.82) is 0 Å². The van der Waals surface area contributed by atoms with Gasteiger partial charge in [-0.05, 0) is 24.1 Å². The van der Waals surface area contributed by atoms with Gasteiger partial charge in [0.2, 0.25) is 10.0 Å². The minimum Gasteiger partial charge on any atom is -0.212 e. The van der Waals surface area contributed by atoms with Crippen LogP contribution in [0.2, 0.25) is 0 Å². The van der Waals surface area contributed by atoms with Gasteiger partial charge in [0.05, 0.1) is 5.75 Å². The summed E-state index contributed by atoms with van der Waals surface area (Å²) < 4.78 is 50.0. The topological polar surface area (TPSA) is 37.4 Å². The fourth-order valence-electron chi connectivity index (χ4n) is 1.41. The van der Waals surface area contributed by atoms with Crippen molar-refractivity contribution in [1.82, 2.24) is 4.31 Å². The van der Waals surface area contributed by atoms with E-state index in [4.69, 9.17) is 0 Å². The molecule has 0 fully saturated rings. The molecule has 1 aromatic rings. The van der Waals surface area contributed by atoms with Crippen LogP contribution >= 0.6 is 0 Å². The molecule has 3 nitrogen and oxygen atoms in total. The van der Waals surface area contributed by atoms with E-state index in [1.54, 1.807) is 6.92 Å². The Morgan fingerprint density at radius 1 is 1.24 bits per heavy atom. The van der Waals surface area contributed by atoms with Gasteiger partial charge in [-0.15, -0.1) is 0 Å². The molecule has 0 saturated carbocycles. The first-order valence-corrected chi connectivity index (χ1v) is 6.85. The van der Waals surface area contributed by atoms with Crippen LogP contribution in [-0.4, -0.2) is 25.5 Å². The summed E-state index contributed by atoms with van der Waals surface area (Å²) in [4.78, 5) is 0. The van der Waals surface area contributed by atoms with E-state index in [-0.39, 0.29) is 12.3 Å². The quantitative estimate of drug-likeness (QED) is 0.816. The van der Waals surface area contributed by atoms with Crippen LogP contribution in [0.4, 0.5) is 8.78 Å². The zero-order chi connectivity index (χ0) is 13.1. The van der Waals surface area contributed by atoms with Crippen molar-refractivity contribution < 1.29 is 17.2 Å². The van der Waals surface area contributed by atoms with Crippen molar-refractivity contribution >= 4 is 10.0 Å². The first-order chi connectivity index (χ1) is 7.86. The molecular formula is C11H15F2NO2S. The number of rotatable bonds is 5. The van der Waals surface area contributed by atoms with E-state index in [9.17, 15) is 17.2 Å². The zero-order valence-corrected chi connectivity index (χ0v) is 10.6. The van der Waals surface area contributed by atoms with Gasteiger partial charge in [0.15, 0.2) is 11.6 Å². The molecule has 6 heteroatoms. The number of hydrogen-bond acceptors (Lipinski definition) is 2. The number of nitrogens with zero attached hydrogens (tertiary/aromatic N) is 1. The fraction of sp³-hybridized carbons (Fsp3) is 0.455. The molecule has 96 valence electrons. The minimum atomic E-state index is -3.31. The Bertz CT molecular complexity index is 488. The smallest absolute Gasteiger partial charge is 0.212 e. The van der Waals surface area contributed by atoms with Crippen LogP contribution in [-0.2, 0) is 16.6 Å². The van der Waals surface area contributed by atoms with E-state index >= 15 is 0 Å². The van der Waals surface area contributed by atoms with Gasteiger partial charge >= 0.3 is 0 Å². The van der Waals surface area contributed by atoms with Gasteiger partial charge in [0, 0.05) is 13.6 Å². The lowest BCUT2D eigenvalue weighted by Gasteiger charge is -2.16. The summed E-state index contributed by atoms with van der Waals surface area (Å²) in [6.45, 7) is 1.81. The molecule has 0 radical (unpaired) electrons. The first-order valence-electron chi connectivity index (χ1n) is 5.24. The highest BCUT2D eigenvalue weighted by molar-refractivity contribution is 7.89. The van der Waals surface area contributed by atoms with Crippen LogP contribution in [0.5, 0.6) is 0 Å². The van der Waals surface area contributed by atoms with Crippen LogP contribution in [0.3, 0.4) is 0 Å².